The highest BCUT2D eigenvalue weighted by Gasteiger charge is 2.22. The van der Waals surface area contributed by atoms with E-state index in [1.54, 1.807) is 0 Å². The summed E-state index contributed by atoms with van der Waals surface area (Å²) in [5.41, 5.74) is 5.38. The SMILES string of the molecule is Cc1cccc(NC(=O)CSCC(=O)N2CCCc3cc(C)ccc32)c1. The normalized spacial score (nSPS) is 13.2. The van der Waals surface area contributed by atoms with Gasteiger partial charge in [-0.15, -0.1) is 11.8 Å². The third-order valence-corrected chi connectivity index (χ3v) is 5.33. The third kappa shape index (κ3) is 4.67. The molecular weight excluding hydrogens is 344 g/mol. The molecule has 0 fully saturated rings. The van der Waals surface area contributed by atoms with E-state index in [1.165, 1.54) is 22.9 Å². The molecule has 4 nitrogen and oxygen atoms in total. The molecule has 1 N–H and O–H groups in total. The molecule has 1 heterocycles. The van der Waals surface area contributed by atoms with Gasteiger partial charge in [-0.25, -0.2) is 0 Å². The van der Waals surface area contributed by atoms with Crippen molar-refractivity contribution in [1.29, 1.82) is 0 Å². The molecule has 26 heavy (non-hydrogen) atoms. The quantitative estimate of drug-likeness (QED) is 0.869. The molecule has 0 unspecified atom stereocenters. The summed E-state index contributed by atoms with van der Waals surface area (Å²) in [4.78, 5) is 26.5. The van der Waals surface area contributed by atoms with Crippen LogP contribution in [-0.2, 0) is 16.0 Å². The predicted octanol–water partition coefficient (Wildman–Crippen LogP) is 3.95. The van der Waals surface area contributed by atoms with E-state index in [-0.39, 0.29) is 17.6 Å². The Kier molecular flexibility index (Phi) is 5.99. The van der Waals surface area contributed by atoms with E-state index in [9.17, 15) is 9.59 Å². The molecular formula is C21H24N2O2S. The highest BCUT2D eigenvalue weighted by Crippen LogP contribution is 2.28. The molecule has 2 aromatic carbocycles. The minimum Gasteiger partial charge on any atom is -0.325 e. The van der Waals surface area contributed by atoms with Gasteiger partial charge in [0.15, 0.2) is 0 Å². The van der Waals surface area contributed by atoms with E-state index in [1.807, 2.05) is 48.2 Å². The number of benzene rings is 2. The fraction of sp³-hybridized carbons (Fsp3) is 0.333. The second kappa shape index (κ2) is 8.41. The summed E-state index contributed by atoms with van der Waals surface area (Å²) in [6, 6.07) is 14.0. The van der Waals surface area contributed by atoms with Crippen LogP contribution < -0.4 is 10.2 Å². The zero-order chi connectivity index (χ0) is 18.5. The van der Waals surface area contributed by atoms with Gasteiger partial charge in [-0.3, -0.25) is 9.59 Å². The van der Waals surface area contributed by atoms with Crippen molar-refractivity contribution >= 4 is 35.0 Å². The minimum absolute atomic E-state index is 0.0724. The lowest BCUT2D eigenvalue weighted by Crippen LogP contribution is -2.37. The van der Waals surface area contributed by atoms with E-state index in [0.717, 1.165) is 36.3 Å². The van der Waals surface area contributed by atoms with Crippen LogP contribution in [0.1, 0.15) is 23.1 Å². The minimum atomic E-state index is -0.0805. The average Bonchev–Trinajstić information content (AvgIpc) is 2.60. The van der Waals surface area contributed by atoms with E-state index in [0.29, 0.717) is 5.75 Å². The van der Waals surface area contributed by atoms with Crippen molar-refractivity contribution in [2.24, 2.45) is 0 Å². The lowest BCUT2D eigenvalue weighted by Gasteiger charge is -2.29. The monoisotopic (exact) mass is 368 g/mol. The van der Waals surface area contributed by atoms with Gasteiger partial charge in [0.25, 0.3) is 0 Å². The highest BCUT2D eigenvalue weighted by atomic mass is 32.2. The molecule has 0 spiro atoms. The number of nitrogens with zero attached hydrogens (tertiary/aromatic N) is 1. The first-order valence-electron chi connectivity index (χ1n) is 8.87. The molecule has 3 rings (SSSR count). The average molecular weight is 369 g/mol. The Morgan fingerprint density at radius 1 is 1.08 bits per heavy atom. The number of hydrogen-bond donors (Lipinski definition) is 1. The molecule has 136 valence electrons. The Labute approximate surface area is 159 Å². The number of aryl methyl sites for hydroxylation is 3. The molecule has 2 amide bonds. The number of nitrogens with one attached hydrogen (secondary N) is 1. The van der Waals surface area contributed by atoms with Gasteiger partial charge in [0.05, 0.1) is 11.5 Å². The Balaban J connectivity index is 1.51. The highest BCUT2D eigenvalue weighted by molar-refractivity contribution is 8.00. The van der Waals surface area contributed by atoms with Gasteiger partial charge in [-0.2, -0.15) is 0 Å². The molecule has 0 saturated heterocycles. The Morgan fingerprint density at radius 2 is 1.88 bits per heavy atom. The molecule has 0 bridgehead atoms. The summed E-state index contributed by atoms with van der Waals surface area (Å²) in [5.74, 6) is 0.578. The van der Waals surface area contributed by atoms with Crippen LogP contribution in [0.3, 0.4) is 0 Å². The molecule has 2 aromatic rings. The number of carbonyl (C=O) groups excluding carboxylic acids is 2. The van der Waals surface area contributed by atoms with Crippen molar-refractivity contribution in [3.8, 4) is 0 Å². The maximum Gasteiger partial charge on any atom is 0.236 e. The van der Waals surface area contributed by atoms with E-state index in [2.05, 4.69) is 18.3 Å². The lowest BCUT2D eigenvalue weighted by atomic mass is 10.00. The first kappa shape index (κ1) is 18.5. The Morgan fingerprint density at radius 3 is 2.69 bits per heavy atom. The summed E-state index contributed by atoms with van der Waals surface area (Å²) in [5, 5.41) is 2.87. The number of thioether (sulfide) groups is 1. The topological polar surface area (TPSA) is 49.4 Å². The van der Waals surface area contributed by atoms with Crippen LogP contribution in [0.2, 0.25) is 0 Å². The van der Waals surface area contributed by atoms with E-state index in [4.69, 9.17) is 0 Å². The summed E-state index contributed by atoms with van der Waals surface area (Å²) < 4.78 is 0. The first-order valence-corrected chi connectivity index (χ1v) is 10.0. The Hall–Kier alpha value is -2.27. The summed E-state index contributed by atoms with van der Waals surface area (Å²) in [6.45, 7) is 4.82. The van der Waals surface area contributed by atoms with Gasteiger partial charge < -0.3 is 10.2 Å². The summed E-state index contributed by atoms with van der Waals surface area (Å²) in [6.07, 6.45) is 2.01. The number of anilines is 2. The Bertz CT molecular complexity index is 819. The number of carbonyl (C=O) groups is 2. The van der Waals surface area contributed by atoms with Crippen molar-refractivity contribution in [1.82, 2.24) is 0 Å². The maximum absolute atomic E-state index is 12.6. The second-order valence-corrected chi connectivity index (χ2v) is 7.68. The molecule has 5 heteroatoms. The lowest BCUT2D eigenvalue weighted by molar-refractivity contribution is -0.116. The molecule has 0 aromatic heterocycles. The number of amides is 2. The van der Waals surface area contributed by atoms with Crippen LogP contribution in [0.5, 0.6) is 0 Å². The molecule has 1 aliphatic heterocycles. The number of hydrogen-bond acceptors (Lipinski definition) is 3. The van der Waals surface area contributed by atoms with E-state index < -0.39 is 0 Å². The number of rotatable bonds is 5. The van der Waals surface area contributed by atoms with Crippen LogP contribution in [-0.4, -0.2) is 29.9 Å². The van der Waals surface area contributed by atoms with Crippen LogP contribution in [0, 0.1) is 13.8 Å². The second-order valence-electron chi connectivity index (χ2n) is 6.69. The third-order valence-electron chi connectivity index (χ3n) is 4.42. The van der Waals surface area contributed by atoms with Crippen molar-refractivity contribution < 1.29 is 9.59 Å². The zero-order valence-corrected chi connectivity index (χ0v) is 16.1. The van der Waals surface area contributed by atoms with Gasteiger partial charge in [0.2, 0.25) is 11.8 Å². The zero-order valence-electron chi connectivity index (χ0n) is 15.2. The van der Waals surface area contributed by atoms with Crippen molar-refractivity contribution in [2.45, 2.75) is 26.7 Å². The van der Waals surface area contributed by atoms with E-state index >= 15 is 0 Å². The molecule has 0 saturated carbocycles. The standard InChI is InChI=1S/C21H24N2O2S/c1-15-5-3-7-18(12-15)22-20(24)13-26-14-21(25)23-10-4-6-17-11-16(2)8-9-19(17)23/h3,5,7-9,11-12H,4,6,10,13-14H2,1-2H3,(H,22,24). The maximum atomic E-state index is 12.6. The van der Waals surface area contributed by atoms with Crippen LogP contribution in [0.25, 0.3) is 0 Å². The van der Waals surface area contributed by atoms with Crippen LogP contribution in [0.4, 0.5) is 11.4 Å². The van der Waals surface area contributed by atoms with Crippen LogP contribution >= 0.6 is 11.8 Å². The van der Waals surface area contributed by atoms with Crippen LogP contribution in [0.15, 0.2) is 42.5 Å². The number of fused-ring (bicyclic) bond motifs is 1. The predicted molar refractivity (Wildman–Crippen MR) is 109 cm³/mol. The van der Waals surface area contributed by atoms with Gasteiger partial charge in [-0.05, 0) is 56.0 Å². The fourth-order valence-corrected chi connectivity index (χ4v) is 3.90. The molecule has 0 radical (unpaired) electrons. The smallest absolute Gasteiger partial charge is 0.236 e. The molecule has 1 aliphatic rings. The van der Waals surface area contributed by atoms with Gasteiger partial charge in [0.1, 0.15) is 0 Å². The van der Waals surface area contributed by atoms with Gasteiger partial charge in [0, 0.05) is 17.9 Å². The fourth-order valence-electron chi connectivity index (χ4n) is 3.21. The molecule has 0 atom stereocenters. The van der Waals surface area contributed by atoms with Gasteiger partial charge in [-0.1, -0.05) is 29.8 Å². The largest absolute Gasteiger partial charge is 0.325 e. The summed E-state index contributed by atoms with van der Waals surface area (Å²) in [7, 11) is 0. The van der Waals surface area contributed by atoms with Crippen molar-refractivity contribution in [2.75, 3.05) is 28.3 Å². The first-order chi connectivity index (χ1) is 12.5. The molecule has 0 aliphatic carbocycles. The summed E-state index contributed by atoms with van der Waals surface area (Å²) >= 11 is 1.36. The van der Waals surface area contributed by atoms with Gasteiger partial charge >= 0.3 is 0 Å². The van der Waals surface area contributed by atoms with Crippen molar-refractivity contribution in [3.63, 3.8) is 0 Å². The van der Waals surface area contributed by atoms with Crippen molar-refractivity contribution in [3.05, 3.63) is 59.2 Å².